The number of nitrogens with zero attached hydrogens (tertiary/aromatic N) is 2. The number of piperidine rings is 1. The van der Waals surface area contributed by atoms with Gasteiger partial charge in [0.05, 0.1) is 12.1 Å². The van der Waals surface area contributed by atoms with E-state index in [9.17, 15) is 14.7 Å². The maximum atomic E-state index is 13.2. The normalized spacial score (nSPS) is 34.9. The van der Waals surface area contributed by atoms with Crippen molar-refractivity contribution in [3.05, 3.63) is 29.8 Å². The first kappa shape index (κ1) is 19.8. The lowest BCUT2D eigenvalue weighted by Gasteiger charge is -2.38. The van der Waals surface area contributed by atoms with Gasteiger partial charge in [-0.2, -0.15) is 0 Å². The second kappa shape index (κ2) is 7.83. The van der Waals surface area contributed by atoms with Crippen LogP contribution in [0.1, 0.15) is 31.2 Å². The third-order valence-electron chi connectivity index (χ3n) is 7.45. The van der Waals surface area contributed by atoms with Crippen molar-refractivity contribution < 1.29 is 14.7 Å². The summed E-state index contributed by atoms with van der Waals surface area (Å²) in [6.45, 7) is 1.26. The van der Waals surface area contributed by atoms with Crippen molar-refractivity contribution in [2.75, 3.05) is 25.5 Å². The molecule has 30 heavy (non-hydrogen) atoms. The number of hydrogen-bond acceptors (Lipinski definition) is 6. The van der Waals surface area contributed by atoms with E-state index in [1.165, 1.54) is 5.56 Å². The number of carbonyl (C=O) groups is 2. The van der Waals surface area contributed by atoms with Gasteiger partial charge >= 0.3 is 0 Å². The van der Waals surface area contributed by atoms with Crippen LogP contribution in [-0.2, 0) is 16.0 Å². The molecule has 3 fully saturated rings. The Kier molecular flexibility index (Phi) is 5.16. The number of likely N-dealkylation sites (N-methyl/N-ethyl adjacent to an activating group) is 1. The first-order valence-electron chi connectivity index (χ1n) is 11.1. The quantitative estimate of drug-likeness (QED) is 0.561. The van der Waals surface area contributed by atoms with Crippen molar-refractivity contribution in [1.29, 1.82) is 0 Å². The van der Waals surface area contributed by atoms with E-state index < -0.39 is 6.10 Å². The van der Waals surface area contributed by atoms with Gasteiger partial charge in [-0.1, -0.05) is 18.2 Å². The number of fused-ring (bicyclic) bond motifs is 2. The van der Waals surface area contributed by atoms with Gasteiger partial charge in [-0.25, -0.2) is 5.43 Å². The van der Waals surface area contributed by atoms with Gasteiger partial charge in [0.25, 0.3) is 0 Å². The fourth-order valence-corrected chi connectivity index (χ4v) is 5.67. The zero-order chi connectivity index (χ0) is 20.8. The molecule has 8 nitrogen and oxygen atoms in total. The topological polar surface area (TPSA) is 96.9 Å². The Morgan fingerprint density at radius 3 is 2.77 bits per heavy atom. The number of amides is 2. The number of aliphatic hydroxyl groups is 1. The van der Waals surface area contributed by atoms with E-state index in [1.807, 2.05) is 23.1 Å². The summed E-state index contributed by atoms with van der Waals surface area (Å²) in [5.74, 6) is 0.143. The van der Waals surface area contributed by atoms with Gasteiger partial charge in [0.2, 0.25) is 11.8 Å². The van der Waals surface area contributed by atoms with Gasteiger partial charge in [-0.05, 0) is 37.3 Å². The maximum absolute atomic E-state index is 13.2. The Balaban J connectivity index is 1.25. The van der Waals surface area contributed by atoms with Crippen molar-refractivity contribution >= 4 is 17.5 Å². The molecule has 1 saturated carbocycles. The van der Waals surface area contributed by atoms with Crippen LogP contribution in [0.3, 0.4) is 0 Å². The minimum absolute atomic E-state index is 0.00152. The number of nitrogens with one attached hydrogen (secondary N) is 3. The highest BCUT2D eigenvalue weighted by atomic mass is 16.3. The van der Waals surface area contributed by atoms with E-state index in [4.69, 9.17) is 0 Å². The zero-order valence-corrected chi connectivity index (χ0v) is 17.4. The zero-order valence-electron chi connectivity index (χ0n) is 17.4. The Morgan fingerprint density at radius 2 is 2.00 bits per heavy atom. The van der Waals surface area contributed by atoms with E-state index in [1.54, 1.807) is 11.9 Å². The number of anilines is 1. The van der Waals surface area contributed by atoms with E-state index in [-0.39, 0.29) is 41.9 Å². The van der Waals surface area contributed by atoms with Gasteiger partial charge in [-0.3, -0.25) is 15.0 Å². The van der Waals surface area contributed by atoms with Crippen molar-refractivity contribution in [3.63, 3.8) is 0 Å². The van der Waals surface area contributed by atoms with Gasteiger partial charge in [0, 0.05) is 44.2 Å². The van der Waals surface area contributed by atoms with E-state index in [0.717, 1.165) is 31.4 Å². The Hall–Kier alpha value is -2.16. The predicted octanol–water partition coefficient (Wildman–Crippen LogP) is 0.0885. The molecule has 6 atom stereocenters. The summed E-state index contributed by atoms with van der Waals surface area (Å²) >= 11 is 0. The van der Waals surface area contributed by atoms with Crippen molar-refractivity contribution in [2.45, 2.75) is 62.4 Å². The van der Waals surface area contributed by atoms with Crippen LogP contribution in [0.25, 0.3) is 0 Å². The predicted molar refractivity (Wildman–Crippen MR) is 113 cm³/mol. The maximum Gasteiger partial charge on any atom is 0.245 e. The molecule has 3 heterocycles. The van der Waals surface area contributed by atoms with Crippen molar-refractivity contribution in [1.82, 2.24) is 20.7 Å². The monoisotopic (exact) mass is 413 g/mol. The third-order valence-corrected chi connectivity index (χ3v) is 7.45. The molecule has 0 spiro atoms. The minimum Gasteiger partial charge on any atom is -0.391 e. The van der Waals surface area contributed by atoms with Crippen LogP contribution in [0.4, 0.5) is 5.69 Å². The number of hydrazine groups is 1. The molecule has 5 rings (SSSR count). The SMILES string of the molecule is CN(C(=O)C1NNC2CCN(C(=O)C3Cc4ccccc4N3)CC21)[C@H]1CCC[C@@H]1O. The van der Waals surface area contributed by atoms with Crippen LogP contribution in [0.15, 0.2) is 24.3 Å². The smallest absolute Gasteiger partial charge is 0.245 e. The molecule has 0 bridgehead atoms. The fourth-order valence-electron chi connectivity index (χ4n) is 5.67. The summed E-state index contributed by atoms with van der Waals surface area (Å²) in [5.41, 5.74) is 8.68. The number of aliphatic hydroxyl groups excluding tert-OH is 1. The molecule has 2 saturated heterocycles. The Labute approximate surface area is 177 Å². The van der Waals surface area contributed by atoms with Crippen LogP contribution in [0, 0.1) is 5.92 Å². The molecule has 4 N–H and O–H groups in total. The molecule has 4 unspecified atom stereocenters. The average Bonchev–Trinajstić information content (AvgIpc) is 3.49. The molecule has 162 valence electrons. The lowest BCUT2D eigenvalue weighted by molar-refractivity contribution is -0.139. The van der Waals surface area contributed by atoms with Crippen LogP contribution >= 0.6 is 0 Å². The molecule has 1 aromatic rings. The molecule has 4 aliphatic rings. The van der Waals surface area contributed by atoms with Crippen LogP contribution < -0.4 is 16.2 Å². The number of benzene rings is 1. The molecule has 1 aromatic carbocycles. The standard InChI is InChI=1S/C22H31N5O3/c1-26(18-7-4-8-19(18)28)22(30)20-14-12-27(10-9-16(14)24-25-20)21(29)17-11-13-5-2-3-6-15(13)23-17/h2-3,5-6,14,16-20,23-25,28H,4,7-12H2,1H3/t14?,16?,17?,18-,19-,20?/m0/s1. The Bertz CT molecular complexity index is 808. The number of rotatable bonds is 3. The van der Waals surface area contributed by atoms with E-state index >= 15 is 0 Å². The van der Waals surface area contributed by atoms with Gasteiger partial charge in [0.1, 0.15) is 12.1 Å². The summed E-state index contributed by atoms with van der Waals surface area (Å²) in [6, 6.07) is 7.52. The first-order valence-corrected chi connectivity index (χ1v) is 11.1. The highest BCUT2D eigenvalue weighted by Gasteiger charge is 2.47. The lowest BCUT2D eigenvalue weighted by atomic mass is 9.87. The van der Waals surface area contributed by atoms with Gasteiger partial charge in [-0.15, -0.1) is 0 Å². The van der Waals surface area contributed by atoms with Crippen molar-refractivity contribution in [3.8, 4) is 0 Å². The highest BCUT2D eigenvalue weighted by molar-refractivity contribution is 5.88. The molecule has 3 aliphatic heterocycles. The molecule has 8 heteroatoms. The molecule has 0 radical (unpaired) electrons. The number of hydrogen-bond donors (Lipinski definition) is 4. The number of likely N-dealkylation sites (tertiary alicyclic amines) is 1. The van der Waals surface area contributed by atoms with E-state index in [0.29, 0.717) is 19.5 Å². The third kappa shape index (κ3) is 3.36. The summed E-state index contributed by atoms with van der Waals surface area (Å²) in [6.07, 6.45) is 3.64. The second-order valence-electron chi connectivity index (χ2n) is 9.18. The fraction of sp³-hybridized carbons (Fsp3) is 0.636. The second-order valence-corrected chi connectivity index (χ2v) is 9.18. The van der Waals surface area contributed by atoms with Gasteiger partial charge < -0.3 is 20.2 Å². The summed E-state index contributed by atoms with van der Waals surface area (Å²) in [5, 5.41) is 13.6. The lowest BCUT2D eigenvalue weighted by Crippen LogP contribution is -2.55. The van der Waals surface area contributed by atoms with E-state index in [2.05, 4.69) is 22.2 Å². The number of para-hydroxylation sites is 1. The highest BCUT2D eigenvalue weighted by Crippen LogP contribution is 2.31. The first-order chi connectivity index (χ1) is 14.5. The Morgan fingerprint density at radius 1 is 1.17 bits per heavy atom. The van der Waals surface area contributed by atoms with Crippen LogP contribution in [0.2, 0.25) is 0 Å². The molecule has 2 amide bonds. The van der Waals surface area contributed by atoms with Gasteiger partial charge in [0.15, 0.2) is 0 Å². The van der Waals surface area contributed by atoms with Crippen LogP contribution in [0.5, 0.6) is 0 Å². The average molecular weight is 414 g/mol. The minimum atomic E-state index is -0.441. The summed E-state index contributed by atoms with van der Waals surface area (Å²) in [7, 11) is 1.79. The molecular weight excluding hydrogens is 382 g/mol. The largest absolute Gasteiger partial charge is 0.391 e. The molecule has 0 aromatic heterocycles. The number of carbonyl (C=O) groups excluding carboxylic acids is 2. The summed E-state index contributed by atoms with van der Waals surface area (Å²) < 4.78 is 0. The molecule has 1 aliphatic carbocycles. The molecular formula is C22H31N5O3. The summed E-state index contributed by atoms with van der Waals surface area (Å²) in [4.78, 5) is 30.1. The van der Waals surface area contributed by atoms with Crippen molar-refractivity contribution in [2.24, 2.45) is 5.92 Å². The van der Waals surface area contributed by atoms with Crippen LogP contribution in [-0.4, -0.2) is 77.1 Å².